The number of aliphatic hydroxyl groups excluding tert-OH is 3. The first kappa shape index (κ1) is 33.7. The molecule has 2 fully saturated rings. The van der Waals surface area contributed by atoms with Crippen LogP contribution in [0.3, 0.4) is 0 Å². The monoisotopic (exact) mass is 639 g/mol. The van der Waals surface area contributed by atoms with Crippen molar-refractivity contribution in [3.05, 3.63) is 57.8 Å². The van der Waals surface area contributed by atoms with Crippen LogP contribution < -0.4 is 19.6 Å². The fourth-order valence-electron chi connectivity index (χ4n) is 5.91. The lowest BCUT2D eigenvalue weighted by atomic mass is 10.00. The zero-order chi connectivity index (χ0) is 33.0. The molecular formula is C35H45NO10. The number of hydrogen-bond acceptors (Lipinski definition) is 11. The fraction of sp³-hybridized carbons (Fsp3) is 0.514. The first-order chi connectivity index (χ1) is 22.1. The van der Waals surface area contributed by atoms with Crippen molar-refractivity contribution in [3.63, 3.8) is 0 Å². The van der Waals surface area contributed by atoms with E-state index in [1.165, 1.54) is 39.4 Å². The third-order valence-corrected chi connectivity index (χ3v) is 8.60. The van der Waals surface area contributed by atoms with Crippen LogP contribution in [0.15, 0.2) is 51.2 Å². The first-order valence-electron chi connectivity index (χ1n) is 15.9. The largest absolute Gasteiger partial charge is 0.507 e. The van der Waals surface area contributed by atoms with Crippen LogP contribution in [0.4, 0.5) is 0 Å². The standard InChI is InChI=1S/C35H45NO10/c1-20(2)9-14-24-26(43-18-8-17-36-15-6-5-7-16-36)19-25(37)27-29(39)34(46-35-31(41)30(40)28(38)21(3)44-35)32(45-33(24)27)22-10-12-23(42-4)13-11-22/h9-13,19,21,28,30-31,35,37-38,40-41H,5-8,14-18H2,1-4H3/t21-,28-,30+,31+,35-/m0/s1. The molecule has 3 heterocycles. The fourth-order valence-corrected chi connectivity index (χ4v) is 5.91. The van der Waals surface area contributed by atoms with Crippen LogP contribution in [-0.2, 0) is 11.2 Å². The second-order valence-electron chi connectivity index (χ2n) is 12.3. The number of phenols is 1. The van der Waals surface area contributed by atoms with Gasteiger partial charge in [-0.25, -0.2) is 0 Å². The Labute approximate surface area is 268 Å². The quantitative estimate of drug-likeness (QED) is 0.177. The molecule has 0 radical (unpaired) electrons. The highest BCUT2D eigenvalue weighted by atomic mass is 16.7. The van der Waals surface area contributed by atoms with Gasteiger partial charge in [-0.2, -0.15) is 0 Å². The summed E-state index contributed by atoms with van der Waals surface area (Å²) in [7, 11) is 1.54. The Kier molecular flexibility index (Phi) is 10.9. The van der Waals surface area contributed by atoms with Crippen LogP contribution in [0.25, 0.3) is 22.3 Å². The molecule has 1 aromatic heterocycles. The lowest BCUT2D eigenvalue weighted by Gasteiger charge is -2.38. The van der Waals surface area contributed by atoms with Gasteiger partial charge in [-0.1, -0.05) is 18.1 Å². The molecule has 3 aromatic rings. The Hall–Kier alpha value is -3.61. The van der Waals surface area contributed by atoms with E-state index in [-0.39, 0.29) is 28.2 Å². The van der Waals surface area contributed by atoms with Crippen LogP contribution in [0.5, 0.6) is 23.0 Å². The van der Waals surface area contributed by atoms with E-state index in [9.17, 15) is 25.2 Å². The number of nitrogens with zero attached hydrogens (tertiary/aromatic N) is 1. The molecule has 11 heteroatoms. The van der Waals surface area contributed by atoms with Crippen molar-refractivity contribution in [2.75, 3.05) is 33.4 Å². The molecule has 5 atom stereocenters. The van der Waals surface area contributed by atoms with Gasteiger partial charge in [0.1, 0.15) is 46.5 Å². The molecule has 4 N–H and O–H groups in total. The van der Waals surface area contributed by atoms with Crippen molar-refractivity contribution in [1.82, 2.24) is 4.90 Å². The average molecular weight is 640 g/mol. The number of likely N-dealkylation sites (tertiary alicyclic amines) is 1. The molecule has 2 saturated heterocycles. The number of aromatic hydroxyl groups is 1. The molecule has 2 aliphatic rings. The van der Waals surface area contributed by atoms with Crippen molar-refractivity contribution in [3.8, 4) is 34.3 Å². The van der Waals surface area contributed by atoms with Gasteiger partial charge in [-0.3, -0.25) is 4.79 Å². The maximum absolute atomic E-state index is 14.2. The third-order valence-electron chi connectivity index (χ3n) is 8.60. The van der Waals surface area contributed by atoms with Crippen molar-refractivity contribution in [1.29, 1.82) is 0 Å². The van der Waals surface area contributed by atoms with E-state index in [4.69, 9.17) is 23.4 Å². The predicted molar refractivity (Wildman–Crippen MR) is 173 cm³/mol. The summed E-state index contributed by atoms with van der Waals surface area (Å²) in [5.74, 6) is 0.320. The molecule has 0 spiro atoms. The number of hydrogen-bond donors (Lipinski definition) is 4. The zero-order valence-corrected chi connectivity index (χ0v) is 26.9. The summed E-state index contributed by atoms with van der Waals surface area (Å²) in [6, 6.07) is 8.19. The molecule has 2 aliphatic heterocycles. The maximum atomic E-state index is 14.2. The SMILES string of the molecule is COc1ccc(-c2oc3c(CC=C(C)C)c(OCCCN4CCCCC4)cc(O)c3c(=O)c2O[C@@H]2O[C@@H](C)[C@H](O)[C@@H](O)[C@H]2O)cc1. The van der Waals surface area contributed by atoms with E-state index in [1.54, 1.807) is 24.3 Å². The molecule has 5 rings (SSSR count). The second kappa shape index (κ2) is 14.9. The number of phenolic OH excluding ortho intramolecular Hbond substituents is 1. The van der Waals surface area contributed by atoms with E-state index in [0.29, 0.717) is 35.7 Å². The highest BCUT2D eigenvalue weighted by Crippen LogP contribution is 2.41. The van der Waals surface area contributed by atoms with Gasteiger partial charge in [0.05, 0.1) is 19.8 Å². The highest BCUT2D eigenvalue weighted by Gasteiger charge is 2.44. The van der Waals surface area contributed by atoms with E-state index in [2.05, 4.69) is 4.90 Å². The molecular weight excluding hydrogens is 594 g/mol. The molecule has 11 nitrogen and oxygen atoms in total. The number of fused-ring (bicyclic) bond motifs is 1. The van der Waals surface area contributed by atoms with Crippen LogP contribution in [-0.4, -0.2) is 89.4 Å². The number of ether oxygens (including phenoxy) is 4. The average Bonchev–Trinajstić information content (AvgIpc) is 3.05. The Morgan fingerprint density at radius 1 is 1.04 bits per heavy atom. The molecule has 2 aromatic carbocycles. The molecule has 0 aliphatic carbocycles. The third kappa shape index (κ3) is 7.34. The number of benzene rings is 2. The van der Waals surface area contributed by atoms with Crippen LogP contribution in [0.1, 0.15) is 52.0 Å². The molecule has 0 unspecified atom stereocenters. The van der Waals surface area contributed by atoms with E-state index in [1.807, 2.05) is 19.9 Å². The smallest absolute Gasteiger partial charge is 0.239 e. The molecule has 46 heavy (non-hydrogen) atoms. The topological polar surface area (TPSA) is 151 Å². The Balaban J connectivity index is 1.60. The van der Waals surface area contributed by atoms with E-state index >= 15 is 0 Å². The molecule has 250 valence electrons. The molecule has 0 amide bonds. The summed E-state index contributed by atoms with van der Waals surface area (Å²) in [5, 5.41) is 42.4. The van der Waals surface area contributed by atoms with E-state index in [0.717, 1.165) is 31.6 Å². The van der Waals surface area contributed by atoms with Crippen molar-refractivity contribution in [2.24, 2.45) is 0 Å². The normalized spacial score (nSPS) is 23.7. The summed E-state index contributed by atoms with van der Waals surface area (Å²) in [4.78, 5) is 16.7. The number of rotatable bonds is 11. The van der Waals surface area contributed by atoms with Crippen LogP contribution >= 0.6 is 0 Å². The summed E-state index contributed by atoms with van der Waals surface area (Å²) in [6.07, 6.45) is -0.173. The summed E-state index contributed by atoms with van der Waals surface area (Å²) < 4.78 is 29.6. The van der Waals surface area contributed by atoms with Crippen molar-refractivity contribution in [2.45, 2.75) is 83.6 Å². The van der Waals surface area contributed by atoms with Gasteiger partial charge in [-0.05, 0) is 83.8 Å². The van der Waals surface area contributed by atoms with Gasteiger partial charge < -0.3 is 48.7 Å². The van der Waals surface area contributed by atoms with Crippen LogP contribution in [0, 0.1) is 0 Å². The van der Waals surface area contributed by atoms with Crippen molar-refractivity contribution >= 4 is 11.0 Å². The van der Waals surface area contributed by atoms with Gasteiger partial charge in [0.15, 0.2) is 5.76 Å². The second-order valence-corrected chi connectivity index (χ2v) is 12.3. The van der Waals surface area contributed by atoms with Crippen molar-refractivity contribution < 1.29 is 43.8 Å². The minimum atomic E-state index is -1.67. The number of aliphatic hydroxyl groups is 3. The summed E-state index contributed by atoms with van der Waals surface area (Å²) in [5.41, 5.74) is 1.53. The predicted octanol–water partition coefficient (Wildman–Crippen LogP) is 4.14. The van der Waals surface area contributed by atoms with Gasteiger partial charge in [0, 0.05) is 23.7 Å². The number of methoxy groups -OCH3 is 1. The number of allylic oxidation sites excluding steroid dienone is 2. The minimum absolute atomic E-state index is 0.0179. The lowest BCUT2D eigenvalue weighted by Crippen LogP contribution is -2.58. The summed E-state index contributed by atoms with van der Waals surface area (Å²) in [6.45, 7) is 8.96. The first-order valence-corrected chi connectivity index (χ1v) is 15.9. The highest BCUT2D eigenvalue weighted by molar-refractivity contribution is 5.91. The molecule has 0 bridgehead atoms. The van der Waals surface area contributed by atoms with Gasteiger partial charge in [0.2, 0.25) is 17.5 Å². The van der Waals surface area contributed by atoms with Gasteiger partial charge >= 0.3 is 0 Å². The summed E-state index contributed by atoms with van der Waals surface area (Å²) >= 11 is 0. The zero-order valence-electron chi connectivity index (χ0n) is 26.9. The maximum Gasteiger partial charge on any atom is 0.239 e. The lowest BCUT2D eigenvalue weighted by molar-refractivity contribution is -0.268. The Morgan fingerprint density at radius 2 is 1.76 bits per heavy atom. The van der Waals surface area contributed by atoms with Gasteiger partial charge in [-0.15, -0.1) is 0 Å². The molecule has 0 saturated carbocycles. The van der Waals surface area contributed by atoms with Gasteiger partial charge in [0.25, 0.3) is 0 Å². The van der Waals surface area contributed by atoms with Crippen LogP contribution in [0.2, 0.25) is 0 Å². The Morgan fingerprint density at radius 3 is 2.43 bits per heavy atom. The number of piperidine rings is 1. The Bertz CT molecular complexity index is 1570. The minimum Gasteiger partial charge on any atom is -0.507 e. The van der Waals surface area contributed by atoms with E-state index < -0.39 is 36.1 Å².